The van der Waals surface area contributed by atoms with Crippen molar-refractivity contribution in [3.05, 3.63) is 53.1 Å². The third-order valence-electron chi connectivity index (χ3n) is 23.4. The van der Waals surface area contributed by atoms with E-state index in [1.165, 1.54) is 263 Å². The van der Waals surface area contributed by atoms with Gasteiger partial charge in [-0.05, 0) is 74.9 Å². The summed E-state index contributed by atoms with van der Waals surface area (Å²) in [6.45, 7) is 12.6. The number of rotatable bonds is 92. The average molecular weight is 1780 g/mol. The van der Waals surface area contributed by atoms with Crippen molar-refractivity contribution in [2.75, 3.05) is 106 Å². The number of carbonyl (C=O) groups is 4. The third kappa shape index (κ3) is 56.9. The van der Waals surface area contributed by atoms with Crippen LogP contribution >= 0.6 is 0 Å². The highest BCUT2D eigenvalue weighted by atomic mass is 16.6. The zero-order valence-electron chi connectivity index (χ0n) is 81.0. The van der Waals surface area contributed by atoms with Crippen molar-refractivity contribution in [1.82, 2.24) is 0 Å². The van der Waals surface area contributed by atoms with E-state index in [4.69, 9.17) is 61.6 Å². The highest BCUT2D eigenvalue weighted by Crippen LogP contribution is 2.44. The predicted molar refractivity (Wildman–Crippen MR) is 511 cm³/mol. The topological polar surface area (TPSA) is 249 Å². The summed E-state index contributed by atoms with van der Waals surface area (Å²) in [5.41, 5.74) is -1.81. The van der Waals surface area contributed by atoms with Crippen LogP contribution in [0.5, 0.6) is 51.7 Å². The monoisotopic (exact) mass is 1780 g/mol. The van der Waals surface area contributed by atoms with Gasteiger partial charge in [-0.2, -0.15) is 0 Å². The fourth-order valence-electron chi connectivity index (χ4n) is 15.6. The molecule has 20 nitrogen and oxygen atoms in total. The van der Waals surface area contributed by atoms with Gasteiger partial charge in [-0.25, -0.2) is 14.4 Å². The first-order valence-corrected chi connectivity index (χ1v) is 51.5. The Morgan fingerprint density at radius 3 is 0.548 bits per heavy atom. The number of aliphatic hydroxyl groups excluding tert-OH is 3. The van der Waals surface area contributed by atoms with Crippen LogP contribution in [0.3, 0.4) is 0 Å². The smallest absolute Gasteiger partial charge is 0.338 e. The number of carbonyl (C=O) groups excluding carboxylic acids is 4. The third-order valence-corrected chi connectivity index (χ3v) is 23.4. The molecule has 3 N–H and O–H groups in total. The standard InChI is InChI=1S/C106H182O20/c1-8-14-20-26-32-38-44-50-56-62-71-114-94-80-91(81-95(115-72-63-57-51-45-39-33-27-21-15-9-2)100(94)120-75-66-60-54-48-42-36-30-24-18-12-5)103(111)124-87-106(86-123-90(7)110,89-126-105(113)93-84-98(118-77-68-107)102(122-79-70-109)99(85-93)119-78-69-108)88-125-104(112)92-82-96(116-73-64-58-52-46-40-34-28-22-16-10-3)101(121-76-67-61-55-49-43-37-31-25-19-13-6)97(83-92)117-74-65-59-53-47-41-35-29-23-17-11-4/h80-85,107-109H,8-79,86-89H2,1-7H3. The zero-order valence-corrected chi connectivity index (χ0v) is 81.0. The van der Waals surface area contributed by atoms with Crippen molar-refractivity contribution in [3.63, 3.8) is 0 Å². The van der Waals surface area contributed by atoms with Gasteiger partial charge in [-0.3, -0.25) is 4.79 Å². The molecule has 0 aliphatic rings. The fraction of sp³-hybridized carbons (Fsp3) is 0.792. The highest BCUT2D eigenvalue weighted by Gasteiger charge is 2.39. The molecule has 0 aliphatic heterocycles. The van der Waals surface area contributed by atoms with Gasteiger partial charge in [-0.15, -0.1) is 0 Å². The van der Waals surface area contributed by atoms with Crippen molar-refractivity contribution >= 4 is 23.9 Å². The Bertz CT molecular complexity index is 2830. The summed E-state index contributed by atoms with van der Waals surface area (Å²) >= 11 is 0. The Kier molecular flexibility index (Phi) is 72.9. The van der Waals surface area contributed by atoms with Crippen LogP contribution in [0.15, 0.2) is 36.4 Å². The van der Waals surface area contributed by atoms with Crippen molar-refractivity contribution < 1.29 is 96.1 Å². The van der Waals surface area contributed by atoms with E-state index in [0.29, 0.717) is 74.1 Å². The lowest BCUT2D eigenvalue weighted by Gasteiger charge is -2.31. The van der Waals surface area contributed by atoms with Crippen molar-refractivity contribution in [1.29, 1.82) is 0 Å². The lowest BCUT2D eigenvalue weighted by Crippen LogP contribution is -2.44. The van der Waals surface area contributed by atoms with Gasteiger partial charge in [0.05, 0.1) is 76.2 Å². The first-order valence-electron chi connectivity index (χ1n) is 51.5. The van der Waals surface area contributed by atoms with Crippen molar-refractivity contribution in [2.45, 2.75) is 434 Å². The number of aliphatic hydroxyl groups is 3. The Morgan fingerprint density at radius 1 is 0.214 bits per heavy atom. The lowest BCUT2D eigenvalue weighted by molar-refractivity contribution is -0.149. The average Bonchev–Trinajstić information content (AvgIpc) is 0.818. The summed E-state index contributed by atoms with van der Waals surface area (Å²) in [5.74, 6) is -1.26. The second kappa shape index (κ2) is 80.7. The van der Waals surface area contributed by atoms with Crippen molar-refractivity contribution in [2.24, 2.45) is 5.41 Å². The molecule has 3 aromatic rings. The second-order valence-corrected chi connectivity index (χ2v) is 35.3. The normalized spacial score (nSPS) is 11.4. The van der Waals surface area contributed by atoms with Gasteiger partial charge in [-0.1, -0.05) is 388 Å². The minimum Gasteiger partial charge on any atom is -0.490 e. The molecule has 20 heteroatoms. The highest BCUT2D eigenvalue weighted by molar-refractivity contribution is 5.93. The summed E-state index contributed by atoms with van der Waals surface area (Å²) in [6.07, 6.45) is 69.2. The van der Waals surface area contributed by atoms with E-state index in [1.54, 1.807) is 24.3 Å². The van der Waals surface area contributed by atoms with E-state index >= 15 is 9.59 Å². The van der Waals surface area contributed by atoms with Crippen LogP contribution in [0.1, 0.15) is 465 Å². The van der Waals surface area contributed by atoms with Crippen LogP contribution in [0, 0.1) is 5.41 Å². The number of esters is 4. The number of ether oxygens (including phenoxy) is 13. The molecule has 0 aliphatic carbocycles. The summed E-state index contributed by atoms with van der Waals surface area (Å²) in [6, 6.07) is 9.16. The van der Waals surface area contributed by atoms with Gasteiger partial charge in [0.25, 0.3) is 0 Å². The summed E-state index contributed by atoms with van der Waals surface area (Å²) in [4.78, 5) is 59.0. The van der Waals surface area contributed by atoms with E-state index < -0.39 is 68.9 Å². The molecule has 0 spiro atoms. The first-order chi connectivity index (χ1) is 61.9. The molecule has 0 amide bonds. The summed E-state index contributed by atoms with van der Waals surface area (Å²) < 4.78 is 83.0. The first kappa shape index (κ1) is 114. The van der Waals surface area contributed by atoms with Crippen LogP contribution in [0.25, 0.3) is 0 Å². The molecule has 0 unspecified atom stereocenters. The summed E-state index contributed by atoms with van der Waals surface area (Å²) in [5, 5.41) is 29.6. The van der Waals surface area contributed by atoms with Gasteiger partial charge in [0.15, 0.2) is 34.5 Å². The van der Waals surface area contributed by atoms with Crippen LogP contribution in [-0.2, 0) is 23.7 Å². The molecule has 0 fully saturated rings. The van der Waals surface area contributed by atoms with E-state index in [2.05, 4.69) is 41.5 Å². The van der Waals surface area contributed by atoms with Crippen LogP contribution in [0.2, 0.25) is 0 Å². The molecule has 3 aromatic carbocycles. The predicted octanol–water partition coefficient (Wildman–Crippen LogP) is 28.0. The molecule has 3 rings (SSSR count). The maximum absolute atomic E-state index is 15.4. The Balaban J connectivity index is 2.29. The van der Waals surface area contributed by atoms with E-state index in [1.807, 2.05) is 0 Å². The Labute approximate surface area is 765 Å². The number of unbranched alkanes of at least 4 members (excludes halogenated alkanes) is 54. The quantitative estimate of drug-likeness (QED) is 0.0270. The molecule has 0 aromatic heterocycles. The SMILES string of the molecule is CCCCCCCCCCCCOc1cc(C(=O)OCC(COC(C)=O)(COC(=O)c2cc(OCCO)c(OCCO)c(OCCO)c2)COC(=O)c2cc(OCCCCCCCCCCCC)c(OCCCCCCCCCCCC)c(OCCCCCCCCCCCC)c2)cc(OCCCCCCCCCCCC)c1OCCCCCCCCCCCC. The van der Waals surface area contributed by atoms with Gasteiger partial charge < -0.3 is 76.9 Å². The molecule has 0 bridgehead atoms. The maximum atomic E-state index is 15.4. The Morgan fingerprint density at radius 2 is 0.365 bits per heavy atom. The molecule has 126 heavy (non-hydrogen) atoms. The second-order valence-electron chi connectivity index (χ2n) is 35.3. The van der Waals surface area contributed by atoms with Gasteiger partial charge in [0, 0.05) is 6.92 Å². The van der Waals surface area contributed by atoms with Crippen LogP contribution < -0.4 is 42.6 Å². The Hall–Kier alpha value is -6.38. The minimum absolute atomic E-state index is 0.00710. The van der Waals surface area contributed by atoms with E-state index in [0.717, 1.165) is 141 Å². The summed E-state index contributed by atoms with van der Waals surface area (Å²) in [7, 11) is 0. The van der Waals surface area contributed by atoms with Gasteiger partial charge in [0.2, 0.25) is 17.2 Å². The number of benzene rings is 3. The molecule has 726 valence electrons. The van der Waals surface area contributed by atoms with E-state index in [-0.39, 0.29) is 60.4 Å². The van der Waals surface area contributed by atoms with Crippen LogP contribution in [0.4, 0.5) is 0 Å². The van der Waals surface area contributed by atoms with Gasteiger partial charge in [0.1, 0.15) is 51.7 Å². The van der Waals surface area contributed by atoms with Gasteiger partial charge >= 0.3 is 23.9 Å². The molecule has 0 atom stereocenters. The molecular formula is C106H182O20. The fourth-order valence-corrected chi connectivity index (χ4v) is 15.6. The molecule has 0 heterocycles. The lowest BCUT2D eigenvalue weighted by atomic mass is 9.92. The number of hydrogen-bond donors (Lipinski definition) is 3. The molecule has 0 saturated carbocycles. The molecular weight excluding hydrogens is 1590 g/mol. The largest absolute Gasteiger partial charge is 0.490 e. The zero-order chi connectivity index (χ0) is 90.9. The maximum Gasteiger partial charge on any atom is 0.338 e. The molecule has 0 saturated heterocycles. The minimum atomic E-state index is -1.83. The van der Waals surface area contributed by atoms with E-state index in [9.17, 15) is 24.9 Å². The van der Waals surface area contributed by atoms with Crippen molar-refractivity contribution in [3.8, 4) is 51.7 Å². The molecule has 0 radical (unpaired) electrons. The number of hydrogen-bond acceptors (Lipinski definition) is 20. The van der Waals surface area contributed by atoms with Crippen LogP contribution in [-0.4, -0.2) is 145 Å².